The standard InChI is InChI=1S/C20H23N3O4/c1-22(13-18(25)23-10-4-8-16(12-23)20(26)27)17(24)11-15-6-2-5-14-7-3-9-21-19(14)15/h2-3,5-7,9,16H,4,8,10-13H2,1H3,(H,26,27). The molecule has 0 spiro atoms. The van der Waals surface area contributed by atoms with Crippen molar-refractivity contribution >= 4 is 28.7 Å². The zero-order chi connectivity index (χ0) is 19.4. The lowest BCUT2D eigenvalue weighted by atomic mass is 9.98. The van der Waals surface area contributed by atoms with Crippen molar-refractivity contribution in [3.8, 4) is 0 Å². The molecule has 2 heterocycles. The van der Waals surface area contributed by atoms with E-state index in [4.69, 9.17) is 5.11 Å². The monoisotopic (exact) mass is 369 g/mol. The number of benzene rings is 1. The first-order valence-corrected chi connectivity index (χ1v) is 9.03. The van der Waals surface area contributed by atoms with Crippen LogP contribution < -0.4 is 0 Å². The highest BCUT2D eigenvalue weighted by molar-refractivity contribution is 5.90. The van der Waals surface area contributed by atoms with Crippen LogP contribution in [0.3, 0.4) is 0 Å². The van der Waals surface area contributed by atoms with E-state index in [9.17, 15) is 14.4 Å². The van der Waals surface area contributed by atoms with Crippen molar-refractivity contribution in [3.63, 3.8) is 0 Å². The molecular formula is C20H23N3O4. The number of fused-ring (bicyclic) bond motifs is 1. The molecule has 7 heteroatoms. The maximum Gasteiger partial charge on any atom is 0.308 e. The number of hydrogen-bond donors (Lipinski definition) is 1. The van der Waals surface area contributed by atoms with Crippen LogP contribution in [0.25, 0.3) is 10.9 Å². The molecular weight excluding hydrogens is 346 g/mol. The minimum absolute atomic E-state index is 0.0522. The molecule has 0 bridgehead atoms. The van der Waals surface area contributed by atoms with E-state index >= 15 is 0 Å². The molecule has 1 saturated heterocycles. The van der Waals surface area contributed by atoms with E-state index in [1.807, 2.05) is 30.3 Å². The first-order valence-electron chi connectivity index (χ1n) is 9.03. The topological polar surface area (TPSA) is 90.8 Å². The van der Waals surface area contributed by atoms with Gasteiger partial charge < -0.3 is 14.9 Å². The summed E-state index contributed by atoms with van der Waals surface area (Å²) >= 11 is 0. The van der Waals surface area contributed by atoms with Gasteiger partial charge in [0.15, 0.2) is 0 Å². The van der Waals surface area contributed by atoms with Crippen molar-refractivity contribution < 1.29 is 19.5 Å². The summed E-state index contributed by atoms with van der Waals surface area (Å²) in [7, 11) is 1.59. The average Bonchev–Trinajstić information content (AvgIpc) is 2.68. The van der Waals surface area contributed by atoms with Gasteiger partial charge in [0.05, 0.1) is 24.4 Å². The first-order chi connectivity index (χ1) is 13.0. The Morgan fingerprint density at radius 3 is 2.81 bits per heavy atom. The Hall–Kier alpha value is -2.96. The number of hydrogen-bond acceptors (Lipinski definition) is 4. The summed E-state index contributed by atoms with van der Waals surface area (Å²) in [6.07, 6.45) is 3.11. The van der Waals surface area contributed by atoms with Gasteiger partial charge in [-0.15, -0.1) is 0 Å². The maximum atomic E-state index is 12.6. The van der Waals surface area contributed by atoms with E-state index in [1.165, 1.54) is 4.90 Å². The van der Waals surface area contributed by atoms with Gasteiger partial charge in [-0.2, -0.15) is 0 Å². The minimum Gasteiger partial charge on any atom is -0.481 e. The third kappa shape index (κ3) is 4.42. The number of pyridine rings is 1. The number of amides is 2. The quantitative estimate of drug-likeness (QED) is 0.864. The van der Waals surface area contributed by atoms with Crippen LogP contribution in [0.4, 0.5) is 0 Å². The summed E-state index contributed by atoms with van der Waals surface area (Å²) in [5.41, 5.74) is 1.61. The van der Waals surface area contributed by atoms with Gasteiger partial charge in [0, 0.05) is 31.7 Å². The summed E-state index contributed by atoms with van der Waals surface area (Å²) in [5, 5.41) is 10.1. The molecule has 0 saturated carbocycles. The summed E-state index contributed by atoms with van der Waals surface area (Å²) in [6, 6.07) is 9.49. The second kappa shape index (κ2) is 8.16. The smallest absolute Gasteiger partial charge is 0.308 e. The van der Waals surface area contributed by atoms with Crippen molar-refractivity contribution in [1.29, 1.82) is 0 Å². The van der Waals surface area contributed by atoms with Crippen LogP contribution in [0.1, 0.15) is 18.4 Å². The number of aromatic nitrogens is 1. The molecule has 3 rings (SSSR count). The highest BCUT2D eigenvalue weighted by Crippen LogP contribution is 2.18. The Morgan fingerprint density at radius 1 is 1.26 bits per heavy atom. The summed E-state index contributed by atoms with van der Waals surface area (Å²) in [6.45, 7) is 0.699. The predicted octanol–water partition coefficient (Wildman–Crippen LogP) is 1.56. The van der Waals surface area contributed by atoms with Crippen LogP contribution in [-0.2, 0) is 20.8 Å². The normalized spacial score (nSPS) is 16.9. The van der Waals surface area contributed by atoms with Gasteiger partial charge in [0.2, 0.25) is 11.8 Å². The Kier molecular flexibility index (Phi) is 5.69. The molecule has 1 aliphatic rings. The molecule has 7 nitrogen and oxygen atoms in total. The lowest BCUT2D eigenvalue weighted by Crippen LogP contribution is -2.47. The Labute approximate surface area is 157 Å². The van der Waals surface area contributed by atoms with Gasteiger partial charge in [-0.05, 0) is 24.5 Å². The van der Waals surface area contributed by atoms with Gasteiger partial charge in [0.25, 0.3) is 0 Å². The Morgan fingerprint density at radius 2 is 2.04 bits per heavy atom. The zero-order valence-corrected chi connectivity index (χ0v) is 15.3. The summed E-state index contributed by atoms with van der Waals surface area (Å²) in [4.78, 5) is 43.5. The zero-order valence-electron chi connectivity index (χ0n) is 15.3. The van der Waals surface area contributed by atoms with Gasteiger partial charge in [-0.1, -0.05) is 24.3 Å². The number of rotatable bonds is 5. The number of carbonyl (C=O) groups is 3. The molecule has 2 amide bonds. The van der Waals surface area contributed by atoms with Crippen LogP contribution in [0.15, 0.2) is 36.5 Å². The third-order valence-electron chi connectivity index (χ3n) is 4.98. The van der Waals surface area contributed by atoms with Gasteiger partial charge in [-0.25, -0.2) is 0 Å². The number of likely N-dealkylation sites (N-methyl/N-ethyl adjacent to an activating group) is 1. The van der Waals surface area contributed by atoms with E-state index in [-0.39, 0.29) is 31.3 Å². The van der Waals surface area contributed by atoms with Crippen molar-refractivity contribution in [3.05, 3.63) is 42.1 Å². The SMILES string of the molecule is CN(CC(=O)N1CCCC(C(=O)O)C1)C(=O)Cc1cccc2cccnc12. The van der Waals surface area contributed by atoms with E-state index in [2.05, 4.69) is 4.98 Å². The highest BCUT2D eigenvalue weighted by atomic mass is 16.4. The molecule has 0 radical (unpaired) electrons. The third-order valence-corrected chi connectivity index (χ3v) is 4.98. The molecule has 1 aromatic heterocycles. The lowest BCUT2D eigenvalue weighted by molar-refractivity contribution is -0.147. The summed E-state index contributed by atoms with van der Waals surface area (Å²) in [5.74, 6) is -1.79. The number of carboxylic acid groups (broad SMARTS) is 1. The molecule has 1 aromatic carbocycles. The van der Waals surface area contributed by atoms with Crippen LogP contribution in [0.5, 0.6) is 0 Å². The Bertz CT molecular complexity index is 862. The number of piperidine rings is 1. The number of likely N-dealkylation sites (tertiary alicyclic amines) is 1. The van der Waals surface area contributed by atoms with Crippen molar-refractivity contribution in [1.82, 2.24) is 14.8 Å². The van der Waals surface area contributed by atoms with Crippen molar-refractivity contribution in [2.75, 3.05) is 26.7 Å². The number of para-hydroxylation sites is 1. The fourth-order valence-corrected chi connectivity index (χ4v) is 3.40. The van der Waals surface area contributed by atoms with E-state index in [0.29, 0.717) is 19.4 Å². The van der Waals surface area contributed by atoms with Crippen LogP contribution in [0.2, 0.25) is 0 Å². The number of aliphatic carboxylic acids is 1. The van der Waals surface area contributed by atoms with Crippen LogP contribution in [0, 0.1) is 5.92 Å². The van der Waals surface area contributed by atoms with E-state index < -0.39 is 11.9 Å². The second-order valence-electron chi connectivity index (χ2n) is 6.94. The first kappa shape index (κ1) is 18.8. The van der Waals surface area contributed by atoms with Crippen LogP contribution >= 0.6 is 0 Å². The molecule has 1 atom stereocenters. The fourth-order valence-electron chi connectivity index (χ4n) is 3.40. The second-order valence-corrected chi connectivity index (χ2v) is 6.94. The van der Waals surface area contributed by atoms with Gasteiger partial charge >= 0.3 is 5.97 Å². The largest absolute Gasteiger partial charge is 0.481 e. The molecule has 0 aliphatic carbocycles. The van der Waals surface area contributed by atoms with E-state index in [1.54, 1.807) is 18.1 Å². The average molecular weight is 369 g/mol. The van der Waals surface area contributed by atoms with Crippen molar-refractivity contribution in [2.45, 2.75) is 19.3 Å². The molecule has 1 fully saturated rings. The minimum atomic E-state index is -0.875. The van der Waals surface area contributed by atoms with E-state index in [0.717, 1.165) is 16.5 Å². The predicted molar refractivity (Wildman–Crippen MR) is 100 cm³/mol. The molecule has 27 heavy (non-hydrogen) atoms. The fraction of sp³-hybridized carbons (Fsp3) is 0.400. The molecule has 1 aliphatic heterocycles. The molecule has 1 unspecified atom stereocenters. The number of carbonyl (C=O) groups excluding carboxylic acids is 2. The number of carboxylic acids is 1. The lowest BCUT2D eigenvalue weighted by Gasteiger charge is -2.32. The van der Waals surface area contributed by atoms with Crippen molar-refractivity contribution in [2.24, 2.45) is 5.92 Å². The van der Waals surface area contributed by atoms with Crippen LogP contribution in [-0.4, -0.2) is 64.4 Å². The Balaban J connectivity index is 1.62. The molecule has 2 aromatic rings. The molecule has 142 valence electrons. The highest BCUT2D eigenvalue weighted by Gasteiger charge is 2.29. The molecule has 1 N–H and O–H groups in total. The summed E-state index contributed by atoms with van der Waals surface area (Å²) < 4.78 is 0. The van der Waals surface area contributed by atoms with Gasteiger partial charge in [0.1, 0.15) is 0 Å². The maximum absolute atomic E-state index is 12.6. The number of nitrogens with zero attached hydrogens (tertiary/aromatic N) is 3. The van der Waals surface area contributed by atoms with Gasteiger partial charge in [-0.3, -0.25) is 19.4 Å².